The summed E-state index contributed by atoms with van der Waals surface area (Å²) in [5.41, 5.74) is 0.308. The van der Waals surface area contributed by atoms with Crippen LogP contribution >= 0.6 is 0 Å². The number of Topliss-reactive ketones (excluding diaryl/α,β-unsaturated/α-hetero) is 3. The maximum absolute atomic E-state index is 13.3. The van der Waals surface area contributed by atoms with E-state index in [9.17, 15) is 19.5 Å². The van der Waals surface area contributed by atoms with E-state index in [-0.39, 0.29) is 17.8 Å². The first-order valence-corrected chi connectivity index (χ1v) is 10.1. The minimum Gasteiger partial charge on any atom is -0.512 e. The van der Waals surface area contributed by atoms with Crippen molar-refractivity contribution in [2.24, 2.45) is 5.41 Å². The molecule has 0 aliphatic heterocycles. The van der Waals surface area contributed by atoms with Crippen LogP contribution in [0.3, 0.4) is 0 Å². The number of hydrogen-bond donors (Lipinski definition) is 1. The molecule has 6 nitrogen and oxygen atoms in total. The van der Waals surface area contributed by atoms with E-state index in [1.807, 2.05) is 12.1 Å². The second-order valence-electron chi connectivity index (χ2n) is 8.06. The highest BCUT2D eigenvalue weighted by Gasteiger charge is 2.59. The molecule has 2 atom stereocenters. The molecule has 2 aromatic carbocycles. The van der Waals surface area contributed by atoms with Gasteiger partial charge in [0.25, 0.3) is 0 Å². The summed E-state index contributed by atoms with van der Waals surface area (Å²) in [6.45, 7) is 3.96. The first-order chi connectivity index (χ1) is 15.2. The van der Waals surface area contributed by atoms with Crippen molar-refractivity contribution in [3.05, 3.63) is 82.1 Å². The number of hydrogen-bond acceptors (Lipinski definition) is 6. The fourth-order valence-electron chi connectivity index (χ4n) is 4.96. The standard InChI is InChI=1S/C26H22N2O4/c1-15(29)24-23(32)12-22(20-8-4-18(13-27)5-9-20)26(16(2)30,17(3)31)25(24)21-10-6-19(14-28)7-11-21/h4-11,22,25,32H,12H2,1-3H3/t22-,25?/m0/s1. The monoisotopic (exact) mass is 426 g/mol. The van der Waals surface area contributed by atoms with Crippen LogP contribution in [0.4, 0.5) is 0 Å². The predicted molar refractivity (Wildman–Crippen MR) is 117 cm³/mol. The lowest BCUT2D eigenvalue weighted by Crippen LogP contribution is -2.51. The third-order valence-electron chi connectivity index (χ3n) is 6.36. The van der Waals surface area contributed by atoms with Crippen molar-refractivity contribution >= 4 is 17.3 Å². The van der Waals surface area contributed by atoms with E-state index in [2.05, 4.69) is 0 Å². The van der Waals surface area contributed by atoms with Gasteiger partial charge in [0.05, 0.1) is 23.3 Å². The number of aliphatic hydroxyl groups excluding tert-OH is 1. The fraction of sp³-hybridized carbons (Fsp3) is 0.269. The molecule has 0 heterocycles. The van der Waals surface area contributed by atoms with Crippen LogP contribution in [-0.2, 0) is 14.4 Å². The molecule has 6 heteroatoms. The van der Waals surface area contributed by atoms with Crippen molar-refractivity contribution < 1.29 is 19.5 Å². The quantitative estimate of drug-likeness (QED) is 0.713. The van der Waals surface area contributed by atoms with Gasteiger partial charge in [0.2, 0.25) is 0 Å². The van der Waals surface area contributed by atoms with Gasteiger partial charge in [-0.3, -0.25) is 14.4 Å². The van der Waals surface area contributed by atoms with Crippen molar-refractivity contribution in [3.8, 4) is 12.1 Å². The SMILES string of the molecule is CC(=O)C1=C(O)C[C@@H](c2ccc(C#N)cc2)C(C(C)=O)(C(C)=O)C1c1ccc(C#N)cc1. The Bertz CT molecular complexity index is 1190. The normalized spacial score (nSPS) is 19.5. The molecule has 0 fully saturated rings. The molecule has 0 spiro atoms. The molecule has 32 heavy (non-hydrogen) atoms. The topological polar surface area (TPSA) is 119 Å². The molecule has 0 radical (unpaired) electrons. The van der Waals surface area contributed by atoms with Crippen LogP contribution in [0.1, 0.15) is 61.3 Å². The first-order valence-electron chi connectivity index (χ1n) is 10.1. The van der Waals surface area contributed by atoms with E-state index < -0.39 is 34.6 Å². The van der Waals surface area contributed by atoms with Crippen LogP contribution in [0.2, 0.25) is 0 Å². The Labute approximate surface area is 186 Å². The Morgan fingerprint density at radius 1 is 0.844 bits per heavy atom. The summed E-state index contributed by atoms with van der Waals surface area (Å²) in [4.78, 5) is 39.3. The number of carbonyl (C=O) groups excluding carboxylic acids is 3. The number of ketones is 3. The molecule has 1 unspecified atom stereocenters. The molecule has 1 N–H and O–H groups in total. The third kappa shape index (κ3) is 3.50. The van der Waals surface area contributed by atoms with Crippen molar-refractivity contribution in [2.45, 2.75) is 39.0 Å². The van der Waals surface area contributed by atoms with Crippen molar-refractivity contribution in [1.29, 1.82) is 10.5 Å². The smallest absolute Gasteiger partial charge is 0.159 e. The van der Waals surface area contributed by atoms with E-state index in [0.717, 1.165) is 0 Å². The highest BCUT2D eigenvalue weighted by atomic mass is 16.3. The largest absolute Gasteiger partial charge is 0.512 e. The number of nitriles is 2. The van der Waals surface area contributed by atoms with Gasteiger partial charge in [-0.15, -0.1) is 0 Å². The molecular formula is C26H22N2O4. The van der Waals surface area contributed by atoms with Crippen molar-refractivity contribution in [3.63, 3.8) is 0 Å². The van der Waals surface area contributed by atoms with Crippen LogP contribution in [0.25, 0.3) is 0 Å². The Morgan fingerprint density at radius 3 is 1.66 bits per heavy atom. The number of carbonyl (C=O) groups is 3. The Balaban J connectivity index is 2.38. The zero-order chi connectivity index (χ0) is 23.6. The number of aliphatic hydroxyl groups is 1. The van der Waals surface area contributed by atoms with Gasteiger partial charge in [0, 0.05) is 23.8 Å². The van der Waals surface area contributed by atoms with Gasteiger partial charge in [0.1, 0.15) is 22.7 Å². The predicted octanol–water partition coefficient (Wildman–Crippen LogP) is 4.27. The average Bonchev–Trinajstić information content (AvgIpc) is 2.77. The molecule has 160 valence electrons. The maximum atomic E-state index is 13.3. The summed E-state index contributed by atoms with van der Waals surface area (Å²) < 4.78 is 0. The third-order valence-corrected chi connectivity index (χ3v) is 6.36. The Kier molecular flexibility index (Phi) is 6.09. The Hall–Kier alpha value is -4.03. The van der Waals surface area contributed by atoms with E-state index in [1.54, 1.807) is 48.5 Å². The number of nitrogens with zero attached hydrogens (tertiary/aromatic N) is 2. The summed E-state index contributed by atoms with van der Waals surface area (Å²) >= 11 is 0. The number of rotatable bonds is 5. The molecule has 0 amide bonds. The summed E-state index contributed by atoms with van der Waals surface area (Å²) in [6, 6.07) is 16.9. The molecule has 2 aromatic rings. The number of allylic oxidation sites excluding steroid dienone is 2. The average molecular weight is 426 g/mol. The minimum atomic E-state index is -1.64. The molecule has 0 saturated heterocycles. The highest BCUT2D eigenvalue weighted by molar-refractivity contribution is 6.10. The van der Waals surface area contributed by atoms with Crippen LogP contribution in [0, 0.1) is 28.1 Å². The van der Waals surface area contributed by atoms with Crippen molar-refractivity contribution in [2.75, 3.05) is 0 Å². The van der Waals surface area contributed by atoms with Gasteiger partial charge in [0.15, 0.2) is 5.78 Å². The molecule has 1 aliphatic carbocycles. The lowest BCUT2D eigenvalue weighted by molar-refractivity contribution is -0.142. The molecule has 3 rings (SSSR count). The van der Waals surface area contributed by atoms with Gasteiger partial charge >= 0.3 is 0 Å². The van der Waals surface area contributed by atoms with E-state index >= 15 is 0 Å². The second kappa shape index (κ2) is 8.61. The van der Waals surface area contributed by atoms with Gasteiger partial charge in [-0.1, -0.05) is 24.3 Å². The van der Waals surface area contributed by atoms with E-state index in [1.165, 1.54) is 20.8 Å². The summed E-state index contributed by atoms with van der Waals surface area (Å²) in [6.07, 6.45) is -0.0627. The van der Waals surface area contributed by atoms with Gasteiger partial charge in [-0.05, 0) is 56.2 Å². The highest BCUT2D eigenvalue weighted by Crippen LogP contribution is 2.58. The second-order valence-corrected chi connectivity index (χ2v) is 8.06. The van der Waals surface area contributed by atoms with Crippen LogP contribution in [0.5, 0.6) is 0 Å². The van der Waals surface area contributed by atoms with Crippen LogP contribution in [-0.4, -0.2) is 22.5 Å². The number of benzene rings is 2. The molecule has 0 saturated carbocycles. The minimum absolute atomic E-state index is 0.0324. The Morgan fingerprint density at radius 2 is 1.28 bits per heavy atom. The summed E-state index contributed by atoms with van der Waals surface area (Å²) in [7, 11) is 0. The van der Waals surface area contributed by atoms with Gasteiger partial charge < -0.3 is 5.11 Å². The zero-order valence-electron chi connectivity index (χ0n) is 18.0. The van der Waals surface area contributed by atoms with Gasteiger partial charge in [-0.2, -0.15) is 10.5 Å². The van der Waals surface area contributed by atoms with Crippen LogP contribution in [0.15, 0.2) is 59.9 Å². The lowest BCUT2D eigenvalue weighted by atomic mass is 9.52. The van der Waals surface area contributed by atoms with Crippen molar-refractivity contribution in [1.82, 2.24) is 0 Å². The fourth-order valence-corrected chi connectivity index (χ4v) is 4.96. The van der Waals surface area contributed by atoms with Crippen LogP contribution < -0.4 is 0 Å². The van der Waals surface area contributed by atoms with Gasteiger partial charge in [-0.25, -0.2) is 0 Å². The molecule has 1 aliphatic rings. The molecule has 0 bridgehead atoms. The first kappa shape index (κ1) is 22.7. The van der Waals surface area contributed by atoms with E-state index in [0.29, 0.717) is 22.3 Å². The lowest BCUT2D eigenvalue weighted by Gasteiger charge is -2.47. The molecule has 0 aromatic heterocycles. The maximum Gasteiger partial charge on any atom is 0.159 e. The zero-order valence-corrected chi connectivity index (χ0v) is 18.0. The summed E-state index contributed by atoms with van der Waals surface area (Å²) in [5, 5.41) is 29.2. The summed E-state index contributed by atoms with van der Waals surface area (Å²) in [5.74, 6) is -3.19. The van der Waals surface area contributed by atoms with E-state index in [4.69, 9.17) is 10.5 Å². The molecular weight excluding hydrogens is 404 g/mol.